The molecule has 3 rings (SSSR count). The number of halogens is 3. The molecule has 2 amide bonds. The summed E-state index contributed by atoms with van der Waals surface area (Å²) in [6.07, 6.45) is 0.101. The van der Waals surface area contributed by atoms with Crippen molar-refractivity contribution in [3.63, 3.8) is 0 Å². The minimum absolute atomic E-state index is 0.109. The Morgan fingerprint density at radius 1 is 1.14 bits per heavy atom. The lowest BCUT2D eigenvalue weighted by Gasteiger charge is -2.25. The average molecular weight is 393 g/mol. The number of rotatable bonds is 3. The van der Waals surface area contributed by atoms with E-state index in [0.29, 0.717) is 25.1 Å². The zero-order valence-corrected chi connectivity index (χ0v) is 15.3. The molecule has 1 aliphatic rings. The molecule has 2 aromatic rings. The number of benzene rings is 1. The maximum Gasteiger partial charge on any atom is 0.416 e. The maximum absolute atomic E-state index is 13.0. The fourth-order valence-corrected chi connectivity index (χ4v) is 2.95. The highest BCUT2D eigenvalue weighted by molar-refractivity contribution is 5.91. The van der Waals surface area contributed by atoms with E-state index in [2.05, 4.69) is 10.1 Å². The Balaban J connectivity index is 1.78. The first kappa shape index (κ1) is 19.6. The van der Waals surface area contributed by atoms with Crippen LogP contribution in [0, 0.1) is 6.92 Å². The standard InChI is InChI=1S/C18H18F3N5O2/c1-12-8-14(10-15(9-12)18(19,20)21)17-22-11-24(23-17)7-4-16(28)26-6-3-5-25(26)13(2)27/h4,7-11H,3,5-6H2,1-2H3/b7-4-. The van der Waals surface area contributed by atoms with Crippen LogP contribution in [0.4, 0.5) is 13.2 Å². The van der Waals surface area contributed by atoms with Crippen LogP contribution in [0.5, 0.6) is 0 Å². The maximum atomic E-state index is 13.0. The van der Waals surface area contributed by atoms with Crippen molar-refractivity contribution >= 4 is 18.0 Å². The lowest BCUT2D eigenvalue weighted by molar-refractivity contribution is -0.153. The molecule has 1 aromatic carbocycles. The van der Waals surface area contributed by atoms with Crippen molar-refractivity contribution in [1.29, 1.82) is 0 Å². The van der Waals surface area contributed by atoms with Crippen LogP contribution >= 0.6 is 0 Å². The largest absolute Gasteiger partial charge is 0.416 e. The second kappa shape index (κ2) is 7.45. The topological polar surface area (TPSA) is 71.3 Å². The van der Waals surface area contributed by atoms with Gasteiger partial charge in [0.05, 0.1) is 5.56 Å². The van der Waals surface area contributed by atoms with E-state index in [1.807, 2.05) is 0 Å². The van der Waals surface area contributed by atoms with E-state index in [1.54, 1.807) is 13.0 Å². The minimum Gasteiger partial charge on any atom is -0.273 e. The molecule has 1 fully saturated rings. The molecular weight excluding hydrogens is 375 g/mol. The van der Waals surface area contributed by atoms with Gasteiger partial charge in [-0.05, 0) is 37.1 Å². The number of hydrazine groups is 1. The number of carbonyl (C=O) groups is 2. The zero-order valence-electron chi connectivity index (χ0n) is 15.3. The van der Waals surface area contributed by atoms with Gasteiger partial charge in [0.1, 0.15) is 6.33 Å². The number of alkyl halides is 3. The number of amides is 2. The van der Waals surface area contributed by atoms with Gasteiger partial charge in [0.2, 0.25) is 5.91 Å². The summed E-state index contributed by atoms with van der Waals surface area (Å²) in [4.78, 5) is 27.8. The molecule has 148 valence electrons. The minimum atomic E-state index is -4.46. The highest BCUT2D eigenvalue weighted by atomic mass is 19.4. The van der Waals surface area contributed by atoms with Crippen LogP contribution in [-0.4, -0.2) is 49.7 Å². The summed E-state index contributed by atoms with van der Waals surface area (Å²) in [5.41, 5.74) is -0.110. The van der Waals surface area contributed by atoms with Crippen molar-refractivity contribution in [2.75, 3.05) is 13.1 Å². The molecule has 10 heteroatoms. The van der Waals surface area contributed by atoms with Gasteiger partial charge in [0, 0.05) is 37.9 Å². The van der Waals surface area contributed by atoms with Gasteiger partial charge in [-0.15, -0.1) is 5.10 Å². The highest BCUT2D eigenvalue weighted by Gasteiger charge is 2.31. The number of hydrogen-bond donors (Lipinski definition) is 0. The Morgan fingerprint density at radius 3 is 2.54 bits per heavy atom. The molecule has 7 nitrogen and oxygen atoms in total. The van der Waals surface area contributed by atoms with Crippen LogP contribution in [-0.2, 0) is 15.8 Å². The molecular formula is C18H18F3N5O2. The third kappa shape index (κ3) is 4.21. The summed E-state index contributed by atoms with van der Waals surface area (Å²) in [5, 5.41) is 6.80. The van der Waals surface area contributed by atoms with Crippen molar-refractivity contribution in [2.24, 2.45) is 0 Å². The van der Waals surface area contributed by atoms with Crippen LogP contribution in [0.15, 0.2) is 30.6 Å². The van der Waals surface area contributed by atoms with Gasteiger partial charge in [-0.3, -0.25) is 14.6 Å². The zero-order chi connectivity index (χ0) is 20.5. The smallest absolute Gasteiger partial charge is 0.273 e. The number of aromatic nitrogens is 3. The molecule has 2 heterocycles. The first-order chi connectivity index (χ1) is 13.1. The number of hydrogen-bond acceptors (Lipinski definition) is 4. The van der Waals surface area contributed by atoms with E-state index >= 15 is 0 Å². The Kier molecular flexibility index (Phi) is 5.21. The molecule has 0 saturated carbocycles. The molecule has 0 radical (unpaired) electrons. The monoisotopic (exact) mass is 393 g/mol. The predicted molar refractivity (Wildman–Crippen MR) is 94.2 cm³/mol. The summed E-state index contributed by atoms with van der Waals surface area (Å²) in [5.74, 6) is -0.500. The Labute approximate surface area is 159 Å². The normalized spacial score (nSPS) is 14.9. The summed E-state index contributed by atoms with van der Waals surface area (Å²) >= 11 is 0. The molecule has 0 unspecified atom stereocenters. The fourth-order valence-electron chi connectivity index (χ4n) is 2.95. The predicted octanol–water partition coefficient (Wildman–Crippen LogP) is 2.74. The van der Waals surface area contributed by atoms with Crippen LogP contribution in [0.3, 0.4) is 0 Å². The molecule has 0 atom stereocenters. The molecule has 0 spiro atoms. The summed E-state index contributed by atoms with van der Waals surface area (Å²) < 4.78 is 40.2. The van der Waals surface area contributed by atoms with Gasteiger partial charge in [0.25, 0.3) is 5.91 Å². The van der Waals surface area contributed by atoms with E-state index in [1.165, 1.54) is 40.2 Å². The first-order valence-corrected chi connectivity index (χ1v) is 8.53. The quantitative estimate of drug-likeness (QED) is 0.752. The van der Waals surface area contributed by atoms with Crippen LogP contribution in [0.1, 0.15) is 24.5 Å². The molecule has 0 bridgehead atoms. The highest BCUT2D eigenvalue weighted by Crippen LogP contribution is 2.32. The Hall–Kier alpha value is -3.17. The molecule has 1 aliphatic heterocycles. The number of aryl methyl sites for hydroxylation is 1. The number of nitrogens with zero attached hydrogens (tertiary/aromatic N) is 5. The second-order valence-corrected chi connectivity index (χ2v) is 6.41. The number of carbonyl (C=O) groups excluding carboxylic acids is 2. The van der Waals surface area contributed by atoms with Crippen molar-refractivity contribution in [2.45, 2.75) is 26.4 Å². The summed E-state index contributed by atoms with van der Waals surface area (Å²) in [7, 11) is 0. The van der Waals surface area contributed by atoms with Crippen molar-refractivity contribution in [1.82, 2.24) is 24.8 Å². The van der Waals surface area contributed by atoms with Crippen molar-refractivity contribution < 1.29 is 22.8 Å². The van der Waals surface area contributed by atoms with Gasteiger partial charge < -0.3 is 0 Å². The molecule has 28 heavy (non-hydrogen) atoms. The third-order valence-electron chi connectivity index (χ3n) is 4.19. The van der Waals surface area contributed by atoms with Crippen LogP contribution in [0.2, 0.25) is 0 Å². The first-order valence-electron chi connectivity index (χ1n) is 8.53. The van der Waals surface area contributed by atoms with E-state index in [-0.39, 0.29) is 23.2 Å². The van der Waals surface area contributed by atoms with Gasteiger partial charge >= 0.3 is 6.18 Å². The Morgan fingerprint density at radius 2 is 1.86 bits per heavy atom. The van der Waals surface area contributed by atoms with Crippen LogP contribution < -0.4 is 0 Å². The summed E-state index contributed by atoms with van der Waals surface area (Å²) in [6.45, 7) is 3.87. The second-order valence-electron chi connectivity index (χ2n) is 6.41. The van der Waals surface area contributed by atoms with Gasteiger partial charge in [-0.25, -0.2) is 14.7 Å². The molecule has 1 aromatic heterocycles. The van der Waals surface area contributed by atoms with Crippen molar-refractivity contribution in [3.8, 4) is 11.4 Å². The van der Waals surface area contributed by atoms with Gasteiger partial charge in [0.15, 0.2) is 5.82 Å². The van der Waals surface area contributed by atoms with E-state index in [4.69, 9.17) is 0 Å². The lowest BCUT2D eigenvalue weighted by atomic mass is 10.1. The van der Waals surface area contributed by atoms with E-state index < -0.39 is 11.7 Å². The SMILES string of the molecule is CC(=O)N1CCCN1C(=O)/C=C\n1cnc(-c2cc(C)cc(C(F)(F)F)c2)n1. The third-order valence-corrected chi connectivity index (χ3v) is 4.19. The molecule has 0 aliphatic carbocycles. The fraction of sp³-hybridized carbons (Fsp3) is 0.333. The molecule has 0 N–H and O–H groups in total. The van der Waals surface area contributed by atoms with Gasteiger partial charge in [-0.1, -0.05) is 0 Å². The van der Waals surface area contributed by atoms with Crippen molar-refractivity contribution in [3.05, 3.63) is 41.7 Å². The Bertz CT molecular complexity index is 936. The average Bonchev–Trinajstić information content (AvgIpc) is 3.28. The summed E-state index contributed by atoms with van der Waals surface area (Å²) in [6, 6.07) is 3.59. The lowest BCUT2D eigenvalue weighted by Crippen LogP contribution is -2.43. The van der Waals surface area contributed by atoms with E-state index in [9.17, 15) is 22.8 Å². The van der Waals surface area contributed by atoms with Gasteiger partial charge in [-0.2, -0.15) is 13.2 Å². The molecule has 1 saturated heterocycles. The van der Waals surface area contributed by atoms with Crippen LogP contribution in [0.25, 0.3) is 17.6 Å². The van der Waals surface area contributed by atoms with E-state index in [0.717, 1.165) is 12.1 Å².